The molecule has 2 rings (SSSR count). The predicted molar refractivity (Wildman–Crippen MR) is 135 cm³/mol. The third-order valence-corrected chi connectivity index (χ3v) is 6.98. The van der Waals surface area contributed by atoms with Crippen molar-refractivity contribution in [2.75, 3.05) is 12.1 Å². The number of nitrogens with zero attached hydrogens (tertiary/aromatic N) is 4. The third kappa shape index (κ3) is 9.12. The van der Waals surface area contributed by atoms with Crippen LogP contribution >= 0.6 is 7.44 Å². The molecule has 0 bridgehead atoms. The summed E-state index contributed by atoms with van der Waals surface area (Å²) < 4.78 is 31.9. The molecule has 0 radical (unpaired) electrons. The molecule has 0 aromatic carbocycles. The largest absolute Gasteiger partial charge is 0.463 e. The molecule has 0 aliphatic carbocycles. The number of aromatic nitrogens is 4. The number of nitrogen functional groups attached to an aromatic ring is 1. The number of fused-ring (bicyclic) bond motifs is 1. The van der Waals surface area contributed by atoms with Crippen molar-refractivity contribution in [1.82, 2.24) is 29.7 Å². The first-order valence-electron chi connectivity index (χ1n) is 11.9. The van der Waals surface area contributed by atoms with Gasteiger partial charge in [0.15, 0.2) is 11.5 Å². The van der Waals surface area contributed by atoms with E-state index in [0.29, 0.717) is 17.7 Å². The molecule has 2 aromatic heterocycles. The van der Waals surface area contributed by atoms with E-state index in [-0.39, 0.29) is 30.8 Å². The van der Waals surface area contributed by atoms with E-state index >= 15 is 0 Å². The van der Waals surface area contributed by atoms with Crippen LogP contribution in [0.15, 0.2) is 12.7 Å². The average Bonchev–Trinajstić information content (AvgIpc) is 3.15. The van der Waals surface area contributed by atoms with Crippen molar-refractivity contribution >= 4 is 36.4 Å². The lowest BCUT2D eigenvalue weighted by atomic mass is 10.2. The third-order valence-electron chi connectivity index (χ3n) is 4.80. The van der Waals surface area contributed by atoms with Crippen molar-refractivity contribution in [2.45, 2.75) is 91.8 Å². The van der Waals surface area contributed by atoms with Gasteiger partial charge in [0.2, 0.25) is 7.44 Å². The fourth-order valence-corrected chi connectivity index (χ4v) is 5.59. The zero-order chi connectivity index (χ0) is 27.0. The summed E-state index contributed by atoms with van der Waals surface area (Å²) in [6.45, 7) is 12.4. The van der Waals surface area contributed by atoms with E-state index < -0.39 is 37.6 Å². The monoisotopic (exact) mass is 527 g/mol. The lowest BCUT2D eigenvalue weighted by Crippen LogP contribution is -2.41. The molecule has 0 spiro atoms. The summed E-state index contributed by atoms with van der Waals surface area (Å²) in [6, 6.07) is -1.39. The fraction of sp³-hybridized carbons (Fsp3) is 0.682. The Hall–Kier alpha value is -2.60. The van der Waals surface area contributed by atoms with Crippen LogP contribution in [0.2, 0.25) is 0 Å². The molecule has 4 atom stereocenters. The highest BCUT2D eigenvalue weighted by atomic mass is 31.2. The van der Waals surface area contributed by atoms with Crippen LogP contribution in [-0.4, -0.2) is 68.2 Å². The maximum Gasteiger partial charge on any atom is 0.323 e. The van der Waals surface area contributed by atoms with Gasteiger partial charge in [-0.3, -0.25) is 14.2 Å². The lowest BCUT2D eigenvalue weighted by molar-refractivity contribution is -0.149. The van der Waals surface area contributed by atoms with Gasteiger partial charge in [-0.1, -0.05) is 0 Å². The van der Waals surface area contributed by atoms with E-state index in [2.05, 4.69) is 25.1 Å². The summed E-state index contributed by atoms with van der Waals surface area (Å²) in [5.74, 6) is -0.696. The van der Waals surface area contributed by atoms with E-state index in [1.165, 1.54) is 6.33 Å². The van der Waals surface area contributed by atoms with Gasteiger partial charge in [-0.2, -0.15) is 0 Å². The molecule has 0 amide bonds. The van der Waals surface area contributed by atoms with Crippen molar-refractivity contribution in [1.29, 1.82) is 0 Å². The molecule has 13 nitrogen and oxygen atoms in total. The number of nitrogens with two attached hydrogens (primary N) is 1. The average molecular weight is 528 g/mol. The Balaban J connectivity index is 2.09. The van der Waals surface area contributed by atoms with Crippen LogP contribution in [0.5, 0.6) is 0 Å². The van der Waals surface area contributed by atoms with Crippen molar-refractivity contribution in [2.24, 2.45) is 0 Å². The number of carbonyl (C=O) groups is 2. The zero-order valence-electron chi connectivity index (χ0n) is 21.9. The van der Waals surface area contributed by atoms with Gasteiger partial charge in [0.25, 0.3) is 0 Å². The van der Waals surface area contributed by atoms with Gasteiger partial charge >= 0.3 is 11.9 Å². The molecule has 0 unspecified atom stereocenters. The number of hydrogen-bond acceptors (Lipinski definition) is 10. The van der Waals surface area contributed by atoms with Crippen molar-refractivity contribution in [3.63, 3.8) is 0 Å². The van der Waals surface area contributed by atoms with Gasteiger partial charge < -0.3 is 24.5 Å². The second-order valence-electron chi connectivity index (χ2n) is 9.28. The van der Waals surface area contributed by atoms with E-state index in [1.807, 2.05) is 0 Å². The van der Waals surface area contributed by atoms with Gasteiger partial charge in [0, 0.05) is 6.04 Å². The smallest absolute Gasteiger partial charge is 0.323 e. The Bertz CT molecular complexity index is 1080. The first kappa shape index (κ1) is 29.6. The number of ether oxygens (including phenoxy) is 3. The van der Waals surface area contributed by atoms with Gasteiger partial charge in [0.05, 0.1) is 37.6 Å². The standard InChI is InChI=1S/C22H38N7O6P/c1-13(2)34-18(30)8-15(5)27-36(32,28-17(7)22(31)35-14(3)4)12-33-16(6)9-29-11-26-19-20(23)24-10-25-21(19)29/h10-11,13-17H,8-9,12H2,1-7H3,(H2,23,24,25)(H2,27,28,32)/t15-,16-,17+,36-/m1/s1. The van der Waals surface area contributed by atoms with Crippen molar-refractivity contribution < 1.29 is 28.4 Å². The maximum atomic E-state index is 13.8. The van der Waals surface area contributed by atoms with Gasteiger partial charge in [0.1, 0.15) is 24.2 Å². The number of anilines is 1. The molecule has 14 heteroatoms. The molecule has 2 aromatic rings. The van der Waals surface area contributed by atoms with Gasteiger partial charge in [-0.25, -0.2) is 25.1 Å². The molecule has 202 valence electrons. The summed E-state index contributed by atoms with van der Waals surface area (Å²) in [7, 11) is -3.52. The van der Waals surface area contributed by atoms with Gasteiger partial charge in [-0.15, -0.1) is 0 Å². The molecular weight excluding hydrogens is 489 g/mol. The quantitative estimate of drug-likeness (QED) is 0.242. The fourth-order valence-electron chi connectivity index (χ4n) is 3.37. The Kier molecular flexibility index (Phi) is 10.8. The summed E-state index contributed by atoms with van der Waals surface area (Å²) in [5, 5.41) is 5.77. The molecule has 0 aliphatic heterocycles. The number of esters is 2. The normalized spacial score (nSPS) is 16.0. The van der Waals surface area contributed by atoms with Crippen LogP contribution in [0, 0.1) is 0 Å². The van der Waals surface area contributed by atoms with Crippen LogP contribution in [0.1, 0.15) is 54.9 Å². The van der Waals surface area contributed by atoms with Gasteiger partial charge in [-0.05, 0) is 48.5 Å². The molecule has 0 saturated carbocycles. The number of rotatable bonds is 14. The topological polar surface area (TPSA) is 173 Å². The summed E-state index contributed by atoms with van der Waals surface area (Å²) >= 11 is 0. The summed E-state index contributed by atoms with van der Waals surface area (Å²) in [5.41, 5.74) is 6.88. The van der Waals surface area contributed by atoms with E-state index in [9.17, 15) is 14.2 Å². The Morgan fingerprint density at radius 2 is 1.69 bits per heavy atom. The number of imidazole rings is 1. The number of carbonyl (C=O) groups excluding carboxylic acids is 2. The van der Waals surface area contributed by atoms with E-state index in [1.54, 1.807) is 59.4 Å². The minimum Gasteiger partial charge on any atom is -0.463 e. The Morgan fingerprint density at radius 1 is 1.03 bits per heavy atom. The molecule has 2 heterocycles. The van der Waals surface area contributed by atoms with Crippen LogP contribution in [0.3, 0.4) is 0 Å². The molecule has 0 aliphatic rings. The highest BCUT2D eigenvalue weighted by Gasteiger charge is 2.31. The van der Waals surface area contributed by atoms with Crippen LogP contribution in [0.4, 0.5) is 5.82 Å². The minimum absolute atomic E-state index is 0.00756. The first-order chi connectivity index (χ1) is 16.8. The first-order valence-corrected chi connectivity index (χ1v) is 13.8. The molecule has 4 N–H and O–H groups in total. The number of nitrogens with one attached hydrogen (secondary N) is 2. The summed E-state index contributed by atoms with van der Waals surface area (Å²) in [4.78, 5) is 36.8. The number of hydrogen-bond donors (Lipinski definition) is 3. The van der Waals surface area contributed by atoms with Crippen molar-refractivity contribution in [3.05, 3.63) is 12.7 Å². The highest BCUT2D eigenvalue weighted by molar-refractivity contribution is 7.59. The highest BCUT2D eigenvalue weighted by Crippen LogP contribution is 2.38. The second kappa shape index (κ2) is 13.1. The van der Waals surface area contributed by atoms with Crippen LogP contribution in [-0.2, 0) is 34.9 Å². The Labute approximate surface area is 211 Å². The molecular formula is C22H38N7O6P. The molecule has 0 saturated heterocycles. The van der Waals surface area contributed by atoms with Crippen LogP contribution < -0.4 is 15.9 Å². The van der Waals surface area contributed by atoms with E-state index in [0.717, 1.165) is 0 Å². The minimum atomic E-state index is -3.52. The zero-order valence-corrected chi connectivity index (χ0v) is 22.8. The van der Waals surface area contributed by atoms with Crippen molar-refractivity contribution in [3.8, 4) is 0 Å². The van der Waals surface area contributed by atoms with Crippen LogP contribution in [0.25, 0.3) is 11.2 Å². The maximum absolute atomic E-state index is 13.8. The molecule has 0 fully saturated rings. The predicted octanol–water partition coefficient (Wildman–Crippen LogP) is 2.21. The lowest BCUT2D eigenvalue weighted by Gasteiger charge is -2.28. The summed E-state index contributed by atoms with van der Waals surface area (Å²) in [6.07, 6.45) is 1.69. The SMILES string of the molecule is CC(C)OC(=O)C[C@@H](C)N[P@](=O)(CO[C@H](C)Cn1cnc2c(N)ncnc21)N[C@@H](C)C(=O)OC(C)C. The second-order valence-corrected chi connectivity index (χ2v) is 11.5. The van der Waals surface area contributed by atoms with E-state index in [4.69, 9.17) is 19.9 Å². The Morgan fingerprint density at radius 3 is 2.33 bits per heavy atom. The molecule has 36 heavy (non-hydrogen) atoms.